The summed E-state index contributed by atoms with van der Waals surface area (Å²) in [6.07, 6.45) is -4.82. The van der Waals surface area contributed by atoms with E-state index in [0.29, 0.717) is 6.07 Å². The molecule has 8 nitrogen and oxygen atoms in total. The van der Waals surface area contributed by atoms with Crippen LogP contribution in [-0.2, 0) is 20.6 Å². The van der Waals surface area contributed by atoms with Crippen LogP contribution in [-0.4, -0.2) is 40.0 Å². The van der Waals surface area contributed by atoms with Gasteiger partial charge in [-0.15, -0.1) is 0 Å². The number of nitrogens with one attached hydrogen (secondary N) is 1. The number of ketones is 1. The van der Waals surface area contributed by atoms with Gasteiger partial charge in [0.15, 0.2) is 23.2 Å². The largest absolute Gasteiger partial charge is 0.481 e. The van der Waals surface area contributed by atoms with Crippen LogP contribution in [0.4, 0.5) is 30.7 Å². The molecule has 1 unspecified atom stereocenters. The predicted molar refractivity (Wildman–Crippen MR) is 123 cm³/mol. The van der Waals surface area contributed by atoms with Gasteiger partial charge in [0.1, 0.15) is 18.7 Å². The van der Waals surface area contributed by atoms with Crippen LogP contribution in [0.2, 0.25) is 0 Å². The molecule has 1 aromatic heterocycles. The molecule has 40 heavy (non-hydrogen) atoms. The number of aliphatic carboxylic acids is 1. The Morgan fingerprint density at radius 3 is 2.20 bits per heavy atom. The van der Waals surface area contributed by atoms with Crippen LogP contribution in [0.3, 0.4) is 0 Å². The lowest BCUT2D eigenvalue weighted by Crippen LogP contribution is -2.47. The fourth-order valence-electron chi connectivity index (χ4n) is 3.79. The highest BCUT2D eigenvalue weighted by Gasteiger charge is 2.32. The molecule has 0 saturated heterocycles. The molecule has 0 saturated carbocycles. The molecule has 0 fully saturated rings. The van der Waals surface area contributed by atoms with Crippen molar-refractivity contribution in [2.75, 3.05) is 6.61 Å². The van der Waals surface area contributed by atoms with Crippen LogP contribution in [0.15, 0.2) is 41.3 Å². The zero-order valence-corrected chi connectivity index (χ0v) is 20.3. The molecule has 0 aliphatic carbocycles. The van der Waals surface area contributed by atoms with Gasteiger partial charge in [0, 0.05) is 17.6 Å². The Morgan fingerprint density at radius 2 is 1.65 bits per heavy atom. The average molecular weight is 576 g/mol. The number of alkyl halides is 3. The molecule has 0 aliphatic rings. The van der Waals surface area contributed by atoms with E-state index in [4.69, 9.17) is 5.11 Å². The fourth-order valence-corrected chi connectivity index (χ4v) is 3.79. The van der Waals surface area contributed by atoms with Gasteiger partial charge >= 0.3 is 12.1 Å². The monoisotopic (exact) mass is 576 g/mol. The molecule has 0 bridgehead atoms. The lowest BCUT2D eigenvalue weighted by atomic mass is 10.1. The van der Waals surface area contributed by atoms with E-state index >= 15 is 0 Å². The van der Waals surface area contributed by atoms with Gasteiger partial charge in [-0.1, -0.05) is 13.0 Å². The maximum Gasteiger partial charge on any atom is 0.416 e. The molecule has 0 spiro atoms. The van der Waals surface area contributed by atoms with Crippen molar-refractivity contribution in [1.29, 1.82) is 0 Å². The molecule has 2 atom stereocenters. The Morgan fingerprint density at radius 1 is 1.02 bits per heavy atom. The third-order valence-electron chi connectivity index (χ3n) is 5.80. The Kier molecular flexibility index (Phi) is 8.85. The molecule has 0 radical (unpaired) electrons. The third-order valence-corrected chi connectivity index (χ3v) is 5.80. The van der Waals surface area contributed by atoms with E-state index in [0.717, 1.165) is 22.9 Å². The van der Waals surface area contributed by atoms with Crippen molar-refractivity contribution in [3.63, 3.8) is 0 Å². The minimum Gasteiger partial charge on any atom is -0.481 e. The Hall–Kier alpha value is -4.43. The highest BCUT2D eigenvalue weighted by Crippen LogP contribution is 2.31. The van der Waals surface area contributed by atoms with Crippen LogP contribution in [0.5, 0.6) is 5.75 Å². The summed E-state index contributed by atoms with van der Waals surface area (Å²) >= 11 is 0. The van der Waals surface area contributed by atoms with Crippen molar-refractivity contribution < 1.29 is 55.0 Å². The van der Waals surface area contributed by atoms with Crippen molar-refractivity contribution in [3.8, 4) is 5.75 Å². The number of amides is 1. The quantitative estimate of drug-likeness (QED) is 0.277. The number of hydrogen-bond acceptors (Lipinski definition) is 5. The van der Waals surface area contributed by atoms with Gasteiger partial charge in [-0.25, -0.2) is 8.78 Å². The number of ether oxygens (including phenoxy) is 1. The number of carbonyl (C=O) groups excluding carboxylic acids is 2. The van der Waals surface area contributed by atoms with Crippen LogP contribution in [0, 0.1) is 23.3 Å². The number of benzene rings is 2. The van der Waals surface area contributed by atoms with E-state index in [1.165, 1.54) is 13.0 Å². The number of carboxylic acids is 1. The topological polar surface area (TPSA) is 115 Å². The second-order valence-corrected chi connectivity index (χ2v) is 8.46. The number of carbonyl (C=O) groups is 3. The Balaban J connectivity index is 1.87. The minimum atomic E-state index is -4.75. The van der Waals surface area contributed by atoms with E-state index in [-0.39, 0.29) is 23.3 Å². The first kappa shape index (κ1) is 30.1. The molecule has 3 aromatic rings. The maximum atomic E-state index is 13.8. The molecular weight excluding hydrogens is 557 g/mol. The number of carboxylic acid groups (broad SMARTS) is 1. The highest BCUT2D eigenvalue weighted by atomic mass is 19.4. The SMILES string of the molecule is CC[C@@H](C(=O)NC(CC(=O)O)C(=O)COc1c(F)c(F)cc(F)c1F)n1ccc2ccc(C(F)(F)F)cc2c1=O. The zero-order valence-electron chi connectivity index (χ0n) is 20.3. The van der Waals surface area contributed by atoms with E-state index in [9.17, 15) is 49.9 Å². The molecule has 15 heteroatoms. The summed E-state index contributed by atoms with van der Waals surface area (Å²) in [6, 6.07) is 0.317. The molecule has 1 heterocycles. The van der Waals surface area contributed by atoms with Gasteiger partial charge < -0.3 is 19.7 Å². The van der Waals surface area contributed by atoms with Crippen LogP contribution in [0.1, 0.15) is 31.4 Å². The lowest BCUT2D eigenvalue weighted by Gasteiger charge is -2.22. The summed E-state index contributed by atoms with van der Waals surface area (Å²) in [5, 5.41) is 11.0. The minimum absolute atomic E-state index is 0.101. The first-order valence-corrected chi connectivity index (χ1v) is 11.4. The van der Waals surface area contributed by atoms with Crippen LogP contribution < -0.4 is 15.6 Å². The number of Topliss-reactive ketones (excluding diaryl/α,β-unsaturated/α-hetero) is 1. The molecule has 214 valence electrons. The summed E-state index contributed by atoms with van der Waals surface area (Å²) in [5.41, 5.74) is -2.08. The molecule has 2 N–H and O–H groups in total. The molecule has 0 aliphatic heterocycles. The zero-order chi connectivity index (χ0) is 29.9. The number of halogens is 7. The second kappa shape index (κ2) is 11.8. The van der Waals surface area contributed by atoms with E-state index < -0.39 is 89.1 Å². The smallest absolute Gasteiger partial charge is 0.416 e. The summed E-state index contributed by atoms with van der Waals surface area (Å²) < 4.78 is 99.2. The standard InChI is InChI=1S/C25H19F7N2O6/c1-2-17(34-6-5-11-3-4-12(25(30,31)32)7-13(11)24(34)39)23(38)33-16(9-19(36)37)18(35)10-40-22-20(28)14(26)8-15(27)21(22)29/h3-8,16-17H,2,9-10H2,1H3,(H,33,38)(H,36,37)/t16?,17-/m0/s1. The van der Waals surface area contributed by atoms with E-state index in [2.05, 4.69) is 10.1 Å². The highest BCUT2D eigenvalue weighted by molar-refractivity contribution is 5.94. The van der Waals surface area contributed by atoms with Crippen molar-refractivity contribution in [3.05, 3.63) is 75.7 Å². The summed E-state index contributed by atoms with van der Waals surface area (Å²) in [4.78, 5) is 49.9. The number of rotatable bonds is 10. The fraction of sp³-hybridized carbons (Fsp3) is 0.280. The Labute approximate surface area is 220 Å². The predicted octanol–water partition coefficient (Wildman–Crippen LogP) is 4.14. The maximum absolute atomic E-state index is 13.8. The Bertz CT molecular complexity index is 1510. The van der Waals surface area contributed by atoms with Gasteiger partial charge in [-0.05, 0) is 30.0 Å². The lowest BCUT2D eigenvalue weighted by molar-refractivity contribution is -0.141. The number of aromatic nitrogens is 1. The summed E-state index contributed by atoms with van der Waals surface area (Å²) in [5.74, 6) is -13.1. The molecular formula is C25H19F7N2O6. The normalized spacial score (nSPS) is 13.1. The van der Waals surface area contributed by atoms with Gasteiger partial charge in [0.25, 0.3) is 5.56 Å². The first-order chi connectivity index (χ1) is 18.6. The van der Waals surface area contributed by atoms with Gasteiger partial charge in [-0.3, -0.25) is 19.2 Å². The molecule has 3 rings (SSSR count). The van der Waals surface area contributed by atoms with Gasteiger partial charge in [-0.2, -0.15) is 22.0 Å². The first-order valence-electron chi connectivity index (χ1n) is 11.4. The van der Waals surface area contributed by atoms with Crippen LogP contribution >= 0.6 is 0 Å². The second-order valence-electron chi connectivity index (χ2n) is 8.46. The van der Waals surface area contributed by atoms with E-state index in [1.54, 1.807) is 0 Å². The summed E-state index contributed by atoms with van der Waals surface area (Å²) in [7, 11) is 0. The average Bonchev–Trinajstić information content (AvgIpc) is 2.87. The van der Waals surface area contributed by atoms with Crippen molar-refractivity contribution >= 4 is 28.4 Å². The number of pyridine rings is 1. The van der Waals surface area contributed by atoms with Gasteiger partial charge in [0.05, 0.1) is 12.0 Å². The van der Waals surface area contributed by atoms with Crippen molar-refractivity contribution in [1.82, 2.24) is 9.88 Å². The molecule has 2 aromatic carbocycles. The number of hydrogen-bond donors (Lipinski definition) is 2. The van der Waals surface area contributed by atoms with Crippen molar-refractivity contribution in [2.45, 2.75) is 38.0 Å². The number of nitrogens with zero attached hydrogens (tertiary/aromatic N) is 1. The van der Waals surface area contributed by atoms with Crippen LogP contribution in [0.25, 0.3) is 10.8 Å². The number of fused-ring (bicyclic) bond motifs is 1. The molecule has 1 amide bonds. The van der Waals surface area contributed by atoms with Gasteiger partial charge in [0.2, 0.25) is 17.5 Å². The van der Waals surface area contributed by atoms with E-state index in [1.807, 2.05) is 0 Å². The van der Waals surface area contributed by atoms with Crippen molar-refractivity contribution in [2.24, 2.45) is 0 Å². The third kappa shape index (κ3) is 6.40. The summed E-state index contributed by atoms with van der Waals surface area (Å²) in [6.45, 7) is 0.107.